The van der Waals surface area contributed by atoms with Crippen LogP contribution in [-0.2, 0) is 14.8 Å². The topological polar surface area (TPSA) is 102 Å². The molecule has 0 bridgehead atoms. The van der Waals surface area contributed by atoms with Gasteiger partial charge in [0.2, 0.25) is 10.0 Å². The largest absolute Gasteiger partial charge is 0.496 e. The van der Waals surface area contributed by atoms with Gasteiger partial charge in [0.25, 0.3) is 5.91 Å². The van der Waals surface area contributed by atoms with Crippen molar-refractivity contribution in [2.45, 2.75) is 24.3 Å². The number of likely N-dealkylation sites (tertiary alicyclic amines) is 1. The van der Waals surface area contributed by atoms with Gasteiger partial charge in [0, 0.05) is 25.7 Å². The number of hydrogen-bond acceptors (Lipinski definition) is 6. The number of carbonyl (C=O) groups excluding carboxylic acids is 1. The summed E-state index contributed by atoms with van der Waals surface area (Å²) in [6.07, 6.45) is 0.844. The molecule has 2 saturated heterocycles. The summed E-state index contributed by atoms with van der Waals surface area (Å²) in [6.45, 7) is 4.42. The van der Waals surface area contributed by atoms with E-state index in [0.717, 1.165) is 6.42 Å². The Morgan fingerprint density at radius 3 is 2.63 bits per heavy atom. The van der Waals surface area contributed by atoms with E-state index >= 15 is 0 Å². The third kappa shape index (κ3) is 3.96. The summed E-state index contributed by atoms with van der Waals surface area (Å²) in [7, 11) is -2.22. The lowest BCUT2D eigenvalue weighted by Crippen LogP contribution is -2.40. The third-order valence-corrected chi connectivity index (χ3v) is 7.16. The SMILES string of the molecule is COc1ccc(S(=O)(=O)N2CCOCC2)cc1C(=O)N1CC(CN)CC1C. The molecular formula is C18H27N3O5S. The van der Waals surface area contributed by atoms with Crippen LogP contribution in [0.5, 0.6) is 5.75 Å². The van der Waals surface area contributed by atoms with Gasteiger partial charge in [0.1, 0.15) is 5.75 Å². The van der Waals surface area contributed by atoms with Gasteiger partial charge >= 0.3 is 0 Å². The van der Waals surface area contributed by atoms with Gasteiger partial charge in [-0.25, -0.2) is 8.42 Å². The molecule has 1 aromatic rings. The lowest BCUT2D eigenvalue weighted by atomic mass is 10.1. The molecule has 0 aromatic heterocycles. The van der Waals surface area contributed by atoms with E-state index < -0.39 is 10.0 Å². The van der Waals surface area contributed by atoms with E-state index in [2.05, 4.69) is 0 Å². The first-order valence-corrected chi connectivity index (χ1v) is 10.6. The predicted octanol–water partition coefficient (Wildman–Crippen LogP) is 0.525. The van der Waals surface area contributed by atoms with E-state index in [1.807, 2.05) is 6.92 Å². The second-order valence-electron chi connectivity index (χ2n) is 7.02. The average Bonchev–Trinajstić information content (AvgIpc) is 3.08. The molecule has 2 unspecified atom stereocenters. The first-order valence-electron chi connectivity index (χ1n) is 9.15. The number of nitrogens with two attached hydrogens (primary N) is 1. The molecule has 1 amide bonds. The summed E-state index contributed by atoms with van der Waals surface area (Å²) < 4.78 is 37.8. The van der Waals surface area contributed by atoms with Gasteiger partial charge in [0.15, 0.2) is 0 Å². The molecule has 150 valence electrons. The third-order valence-electron chi connectivity index (χ3n) is 5.26. The monoisotopic (exact) mass is 397 g/mol. The maximum atomic E-state index is 13.1. The first kappa shape index (κ1) is 20.1. The smallest absolute Gasteiger partial charge is 0.257 e. The Morgan fingerprint density at radius 2 is 2.04 bits per heavy atom. The lowest BCUT2D eigenvalue weighted by molar-refractivity contribution is 0.0728. The number of ether oxygens (including phenoxy) is 2. The Morgan fingerprint density at radius 1 is 1.33 bits per heavy atom. The van der Waals surface area contributed by atoms with Gasteiger partial charge in [-0.2, -0.15) is 4.31 Å². The molecule has 2 fully saturated rings. The van der Waals surface area contributed by atoms with Crippen LogP contribution in [0.4, 0.5) is 0 Å². The van der Waals surface area contributed by atoms with Gasteiger partial charge in [-0.1, -0.05) is 0 Å². The Kier molecular flexibility index (Phi) is 6.05. The number of rotatable bonds is 5. The van der Waals surface area contributed by atoms with Gasteiger partial charge in [-0.15, -0.1) is 0 Å². The molecule has 0 radical (unpaired) electrons. The zero-order valence-corrected chi connectivity index (χ0v) is 16.6. The summed E-state index contributed by atoms with van der Waals surface area (Å²) in [6, 6.07) is 4.50. The fourth-order valence-electron chi connectivity index (χ4n) is 3.70. The van der Waals surface area contributed by atoms with Gasteiger partial charge in [-0.05, 0) is 44.0 Å². The van der Waals surface area contributed by atoms with Crippen molar-refractivity contribution in [3.8, 4) is 5.75 Å². The van der Waals surface area contributed by atoms with Crippen LogP contribution in [0.25, 0.3) is 0 Å². The fraction of sp³-hybridized carbons (Fsp3) is 0.611. The van der Waals surface area contributed by atoms with Crippen LogP contribution < -0.4 is 10.5 Å². The van der Waals surface area contributed by atoms with E-state index in [0.29, 0.717) is 45.1 Å². The van der Waals surface area contributed by atoms with Crippen LogP contribution in [0, 0.1) is 5.92 Å². The number of sulfonamides is 1. The molecule has 0 saturated carbocycles. The van der Waals surface area contributed by atoms with E-state index in [1.54, 1.807) is 11.0 Å². The summed E-state index contributed by atoms with van der Waals surface area (Å²) in [5.41, 5.74) is 6.02. The first-order chi connectivity index (χ1) is 12.9. The number of amides is 1. The maximum Gasteiger partial charge on any atom is 0.257 e. The second kappa shape index (κ2) is 8.14. The summed E-state index contributed by atoms with van der Waals surface area (Å²) in [4.78, 5) is 15.0. The van der Waals surface area contributed by atoms with Crippen LogP contribution in [0.2, 0.25) is 0 Å². The summed E-state index contributed by atoms with van der Waals surface area (Å²) in [5.74, 6) is 0.397. The summed E-state index contributed by atoms with van der Waals surface area (Å²) >= 11 is 0. The summed E-state index contributed by atoms with van der Waals surface area (Å²) in [5, 5.41) is 0. The van der Waals surface area contributed by atoms with Crippen molar-refractivity contribution in [1.29, 1.82) is 0 Å². The van der Waals surface area contributed by atoms with Crippen molar-refractivity contribution in [3.05, 3.63) is 23.8 Å². The van der Waals surface area contributed by atoms with Crippen LogP contribution in [0.3, 0.4) is 0 Å². The van der Waals surface area contributed by atoms with E-state index in [-0.39, 0.29) is 28.3 Å². The number of methoxy groups -OCH3 is 1. The van der Waals surface area contributed by atoms with Gasteiger partial charge in [-0.3, -0.25) is 4.79 Å². The van der Waals surface area contributed by atoms with Gasteiger partial charge in [0.05, 0.1) is 30.8 Å². The lowest BCUT2D eigenvalue weighted by Gasteiger charge is -2.27. The minimum atomic E-state index is -3.69. The molecule has 27 heavy (non-hydrogen) atoms. The van der Waals surface area contributed by atoms with E-state index in [4.69, 9.17) is 15.2 Å². The number of nitrogens with zero attached hydrogens (tertiary/aromatic N) is 2. The number of morpholine rings is 1. The van der Waals surface area contributed by atoms with Crippen molar-refractivity contribution >= 4 is 15.9 Å². The number of benzene rings is 1. The molecule has 3 rings (SSSR count). The molecular weight excluding hydrogens is 370 g/mol. The molecule has 1 aromatic carbocycles. The Bertz CT molecular complexity index is 792. The van der Waals surface area contributed by atoms with Crippen LogP contribution in [0.1, 0.15) is 23.7 Å². The van der Waals surface area contributed by atoms with Crippen molar-refractivity contribution in [3.63, 3.8) is 0 Å². The zero-order valence-electron chi connectivity index (χ0n) is 15.8. The van der Waals surface area contributed by atoms with Crippen molar-refractivity contribution in [2.75, 3.05) is 46.5 Å². The van der Waals surface area contributed by atoms with Crippen molar-refractivity contribution in [2.24, 2.45) is 11.7 Å². The van der Waals surface area contributed by atoms with Crippen LogP contribution in [-0.4, -0.2) is 76.1 Å². The number of hydrogen-bond donors (Lipinski definition) is 1. The molecule has 2 heterocycles. The Labute approximate surface area is 160 Å². The molecule has 0 spiro atoms. The van der Waals surface area contributed by atoms with E-state index in [9.17, 15) is 13.2 Å². The molecule has 2 N–H and O–H groups in total. The molecule has 2 aliphatic heterocycles. The highest BCUT2D eigenvalue weighted by atomic mass is 32.2. The van der Waals surface area contributed by atoms with Crippen molar-refractivity contribution in [1.82, 2.24) is 9.21 Å². The zero-order chi connectivity index (χ0) is 19.6. The highest BCUT2D eigenvalue weighted by molar-refractivity contribution is 7.89. The van der Waals surface area contributed by atoms with Crippen LogP contribution >= 0.6 is 0 Å². The average molecular weight is 397 g/mol. The fourth-order valence-corrected chi connectivity index (χ4v) is 5.14. The van der Waals surface area contributed by atoms with Gasteiger partial charge < -0.3 is 20.1 Å². The molecule has 2 atom stereocenters. The minimum Gasteiger partial charge on any atom is -0.496 e. The molecule has 9 heteroatoms. The molecule has 2 aliphatic rings. The highest BCUT2D eigenvalue weighted by Gasteiger charge is 2.34. The normalized spacial score (nSPS) is 24.2. The highest BCUT2D eigenvalue weighted by Crippen LogP contribution is 2.30. The predicted molar refractivity (Wildman–Crippen MR) is 100 cm³/mol. The number of carbonyl (C=O) groups is 1. The maximum absolute atomic E-state index is 13.1. The standard InChI is InChI=1S/C18H27N3O5S/c1-13-9-14(11-19)12-21(13)18(22)16-10-15(3-4-17(16)25-2)27(23,24)20-5-7-26-8-6-20/h3-4,10,13-14H,5-9,11-12,19H2,1-2H3. The molecule has 8 nitrogen and oxygen atoms in total. The minimum absolute atomic E-state index is 0.0512. The van der Waals surface area contributed by atoms with Crippen LogP contribution in [0.15, 0.2) is 23.1 Å². The Balaban J connectivity index is 1.93. The Hall–Kier alpha value is -1.68. The second-order valence-corrected chi connectivity index (χ2v) is 8.96. The molecule has 0 aliphatic carbocycles. The quantitative estimate of drug-likeness (QED) is 0.777. The van der Waals surface area contributed by atoms with Crippen molar-refractivity contribution < 1.29 is 22.7 Å². The van der Waals surface area contributed by atoms with E-state index in [1.165, 1.54) is 23.5 Å².